The first kappa shape index (κ1) is 17.0. The van der Waals surface area contributed by atoms with Gasteiger partial charge in [0.05, 0.1) is 18.0 Å². The molecule has 1 amide bonds. The summed E-state index contributed by atoms with van der Waals surface area (Å²) in [6.45, 7) is 4.91. The molecule has 0 spiro atoms. The Morgan fingerprint density at radius 3 is 2.91 bits per heavy atom. The van der Waals surface area contributed by atoms with Gasteiger partial charge in [0.1, 0.15) is 9.86 Å². The van der Waals surface area contributed by atoms with Crippen molar-refractivity contribution >= 4 is 51.0 Å². The molecule has 0 saturated heterocycles. The summed E-state index contributed by atoms with van der Waals surface area (Å²) in [7, 11) is 0. The maximum absolute atomic E-state index is 11.2. The first-order valence-electron chi connectivity index (χ1n) is 7.37. The quantitative estimate of drug-likeness (QED) is 0.495. The lowest BCUT2D eigenvalue weighted by molar-refractivity contribution is -0.115. The number of hydrogen-bond donors (Lipinski definition) is 1. The summed E-state index contributed by atoms with van der Waals surface area (Å²) < 4.78 is 6.04. The molecule has 5 nitrogen and oxygen atoms in total. The van der Waals surface area contributed by atoms with Gasteiger partial charge >= 0.3 is 0 Å². The van der Waals surface area contributed by atoms with Crippen molar-refractivity contribution in [2.75, 3.05) is 12.0 Å². The summed E-state index contributed by atoms with van der Waals surface area (Å²) in [5.41, 5.74) is 6.44. The zero-order chi connectivity index (χ0) is 16.6. The van der Waals surface area contributed by atoms with E-state index in [1.165, 1.54) is 34.0 Å². The fourth-order valence-corrected chi connectivity index (χ4v) is 5.02. The lowest BCUT2D eigenvalue weighted by Crippen LogP contribution is -2.33. The largest absolute Gasteiger partial charge is 0.369 e. The number of fused-ring (bicyclic) bond motifs is 3. The normalized spacial score (nSPS) is 20.7. The van der Waals surface area contributed by atoms with Crippen LogP contribution >= 0.6 is 34.9 Å². The summed E-state index contributed by atoms with van der Waals surface area (Å²) in [4.78, 5) is 22.6. The molecule has 1 atom stereocenters. The number of hydrogen-bond acceptors (Lipinski definition) is 7. The number of carbonyl (C=O) groups is 1. The van der Waals surface area contributed by atoms with E-state index in [-0.39, 0.29) is 17.3 Å². The van der Waals surface area contributed by atoms with E-state index in [1.807, 2.05) is 6.26 Å². The van der Waals surface area contributed by atoms with Crippen molar-refractivity contribution in [2.24, 2.45) is 5.73 Å². The van der Waals surface area contributed by atoms with Crippen LogP contribution in [0, 0.1) is 0 Å². The first-order valence-corrected chi connectivity index (χ1v) is 10.4. The second kappa shape index (κ2) is 6.58. The third kappa shape index (κ3) is 3.35. The van der Waals surface area contributed by atoms with E-state index < -0.39 is 0 Å². The third-order valence-electron chi connectivity index (χ3n) is 4.06. The van der Waals surface area contributed by atoms with Crippen molar-refractivity contribution in [3.05, 3.63) is 10.4 Å². The molecule has 8 heteroatoms. The fraction of sp³-hybridized carbons (Fsp3) is 0.533. The van der Waals surface area contributed by atoms with Crippen LogP contribution in [0.5, 0.6) is 0 Å². The predicted octanol–water partition coefficient (Wildman–Crippen LogP) is 3.23. The van der Waals surface area contributed by atoms with Gasteiger partial charge in [0.25, 0.3) is 0 Å². The smallest absolute Gasteiger partial charge is 0.227 e. The minimum absolute atomic E-state index is 0.148. The molecule has 3 rings (SSSR count). The Kier molecular flexibility index (Phi) is 4.87. The molecule has 2 aromatic heterocycles. The van der Waals surface area contributed by atoms with Gasteiger partial charge in [-0.2, -0.15) is 0 Å². The van der Waals surface area contributed by atoms with E-state index in [4.69, 9.17) is 10.5 Å². The second-order valence-electron chi connectivity index (χ2n) is 5.72. The van der Waals surface area contributed by atoms with Crippen LogP contribution in [0.3, 0.4) is 0 Å². The number of ether oxygens (including phenoxy) is 1. The standard InChI is InChI=1S/C15H19N3O2S3/c1-4-15(2)5-8-9(6-20-15)23-13-11(8)12(22-7-10(16)19)17-14(18-13)21-3/h4-7H2,1-3H3,(H2,16,19). The minimum atomic E-state index is -0.335. The summed E-state index contributed by atoms with van der Waals surface area (Å²) in [6.07, 6.45) is 3.76. The van der Waals surface area contributed by atoms with Crippen LogP contribution in [0.1, 0.15) is 30.7 Å². The number of amides is 1. The monoisotopic (exact) mass is 369 g/mol. The maximum Gasteiger partial charge on any atom is 0.227 e. The topological polar surface area (TPSA) is 78.1 Å². The van der Waals surface area contributed by atoms with Gasteiger partial charge in [-0.25, -0.2) is 9.97 Å². The number of rotatable bonds is 5. The van der Waals surface area contributed by atoms with E-state index in [2.05, 4.69) is 23.8 Å². The van der Waals surface area contributed by atoms with Gasteiger partial charge < -0.3 is 10.5 Å². The maximum atomic E-state index is 11.2. The minimum Gasteiger partial charge on any atom is -0.369 e. The van der Waals surface area contributed by atoms with Gasteiger partial charge in [0, 0.05) is 16.7 Å². The summed E-state index contributed by atoms with van der Waals surface area (Å²) >= 11 is 4.58. The molecule has 23 heavy (non-hydrogen) atoms. The predicted molar refractivity (Wildman–Crippen MR) is 96.3 cm³/mol. The second-order valence-corrected chi connectivity index (χ2v) is 8.54. The third-order valence-corrected chi connectivity index (χ3v) is 6.71. The highest BCUT2D eigenvalue weighted by molar-refractivity contribution is 8.00. The molecule has 0 aliphatic carbocycles. The molecular formula is C15H19N3O2S3. The highest BCUT2D eigenvalue weighted by Gasteiger charge is 2.33. The van der Waals surface area contributed by atoms with Crippen molar-refractivity contribution < 1.29 is 9.53 Å². The van der Waals surface area contributed by atoms with Crippen molar-refractivity contribution in [1.29, 1.82) is 0 Å². The Bertz CT molecular complexity index is 762. The van der Waals surface area contributed by atoms with Gasteiger partial charge in [0.15, 0.2) is 5.16 Å². The molecule has 0 fully saturated rings. The van der Waals surface area contributed by atoms with E-state index >= 15 is 0 Å². The number of thioether (sulfide) groups is 2. The lowest BCUT2D eigenvalue weighted by atomic mass is 9.90. The van der Waals surface area contributed by atoms with Crippen LogP contribution in [0.25, 0.3) is 10.2 Å². The van der Waals surface area contributed by atoms with E-state index in [0.29, 0.717) is 6.61 Å². The van der Waals surface area contributed by atoms with Crippen LogP contribution in [-0.4, -0.2) is 33.5 Å². The highest BCUT2D eigenvalue weighted by atomic mass is 32.2. The van der Waals surface area contributed by atoms with E-state index in [9.17, 15) is 4.79 Å². The van der Waals surface area contributed by atoms with E-state index in [1.54, 1.807) is 11.3 Å². The Morgan fingerprint density at radius 2 is 2.26 bits per heavy atom. The van der Waals surface area contributed by atoms with Crippen LogP contribution in [0.15, 0.2) is 10.2 Å². The number of aromatic nitrogens is 2. The first-order chi connectivity index (χ1) is 11.0. The van der Waals surface area contributed by atoms with Crippen molar-refractivity contribution in [3.8, 4) is 0 Å². The Morgan fingerprint density at radius 1 is 1.48 bits per heavy atom. The molecule has 0 bridgehead atoms. The average molecular weight is 370 g/mol. The molecule has 0 saturated carbocycles. The molecule has 2 N–H and O–H groups in total. The van der Waals surface area contributed by atoms with E-state index in [0.717, 1.165) is 33.2 Å². The Hall–Kier alpha value is -0.830. The van der Waals surface area contributed by atoms with Gasteiger partial charge in [0.2, 0.25) is 5.91 Å². The number of carbonyl (C=O) groups excluding carboxylic acids is 1. The molecule has 0 radical (unpaired) electrons. The zero-order valence-corrected chi connectivity index (χ0v) is 15.8. The fourth-order valence-electron chi connectivity index (χ4n) is 2.58. The van der Waals surface area contributed by atoms with Crippen LogP contribution < -0.4 is 5.73 Å². The molecular weight excluding hydrogens is 350 g/mol. The molecule has 1 aliphatic heterocycles. The Balaban J connectivity index is 2.12. The van der Waals surface area contributed by atoms with Crippen molar-refractivity contribution in [1.82, 2.24) is 9.97 Å². The molecule has 124 valence electrons. The summed E-state index contributed by atoms with van der Waals surface area (Å²) in [6, 6.07) is 0. The van der Waals surface area contributed by atoms with Crippen molar-refractivity contribution in [2.45, 2.75) is 49.1 Å². The van der Waals surface area contributed by atoms with Crippen LogP contribution in [0.2, 0.25) is 0 Å². The van der Waals surface area contributed by atoms with Crippen LogP contribution in [-0.2, 0) is 22.6 Å². The zero-order valence-electron chi connectivity index (χ0n) is 13.3. The lowest BCUT2D eigenvalue weighted by Gasteiger charge is -2.33. The summed E-state index contributed by atoms with van der Waals surface area (Å²) in [5, 5.41) is 2.66. The van der Waals surface area contributed by atoms with Gasteiger partial charge in [-0.3, -0.25) is 4.79 Å². The van der Waals surface area contributed by atoms with Gasteiger partial charge in [-0.05, 0) is 25.2 Å². The molecule has 1 unspecified atom stereocenters. The number of nitrogens with two attached hydrogens (primary N) is 1. The molecule has 1 aliphatic rings. The van der Waals surface area contributed by atoms with Gasteiger partial charge in [-0.15, -0.1) is 11.3 Å². The molecule has 3 heterocycles. The molecule has 0 aromatic carbocycles. The average Bonchev–Trinajstić information content (AvgIpc) is 2.89. The number of primary amides is 1. The highest BCUT2D eigenvalue weighted by Crippen LogP contribution is 2.42. The number of nitrogens with zero attached hydrogens (tertiary/aromatic N) is 2. The Labute approximate surface area is 147 Å². The van der Waals surface area contributed by atoms with Gasteiger partial charge in [-0.1, -0.05) is 30.4 Å². The SMILES string of the molecule is CCC1(C)Cc2c(sc3nc(SC)nc(SCC(N)=O)c23)CO1. The summed E-state index contributed by atoms with van der Waals surface area (Å²) in [5.74, 6) is -0.107. The van der Waals surface area contributed by atoms with Crippen LogP contribution in [0.4, 0.5) is 0 Å². The number of thiophene rings is 1. The van der Waals surface area contributed by atoms with Crippen molar-refractivity contribution in [3.63, 3.8) is 0 Å². The molecule has 2 aromatic rings.